The molecule has 1 aromatic rings. The fourth-order valence-electron chi connectivity index (χ4n) is 2.14. The Bertz CT molecular complexity index is 712. The van der Waals surface area contributed by atoms with Crippen molar-refractivity contribution in [3.8, 4) is 0 Å². The summed E-state index contributed by atoms with van der Waals surface area (Å²) in [6.45, 7) is 3.22. The van der Waals surface area contributed by atoms with Crippen LogP contribution in [0.1, 0.15) is 46.7 Å². The number of ketones is 1. The molecule has 1 atom stereocenters. The fourth-order valence-corrected chi connectivity index (χ4v) is 2.44. The van der Waals surface area contributed by atoms with E-state index in [0.717, 1.165) is 11.5 Å². The highest BCUT2D eigenvalue weighted by Gasteiger charge is 2.51. The molecule has 1 unspecified atom stereocenters. The molecule has 0 saturated carbocycles. The van der Waals surface area contributed by atoms with Crippen molar-refractivity contribution in [1.29, 1.82) is 0 Å². The molecule has 1 amide bonds. The molecule has 1 rings (SSSR count). The standard InChI is InChI=1S/C14H16ClF3N2O4/c1-5-13(3,14(16,17)18)19-11(22)9(21)8-6(2)7(12(23)24)10(15)20(8)4/h5H2,1-4H3,(H,19,22)(H,23,24). The summed E-state index contributed by atoms with van der Waals surface area (Å²) in [6, 6.07) is 0. The Morgan fingerprint density at radius 2 is 1.79 bits per heavy atom. The number of hydrogen-bond donors (Lipinski definition) is 2. The van der Waals surface area contributed by atoms with E-state index in [9.17, 15) is 27.6 Å². The molecular formula is C14H16ClF3N2O4. The molecule has 0 radical (unpaired) electrons. The Balaban J connectivity index is 3.27. The average molecular weight is 369 g/mol. The van der Waals surface area contributed by atoms with Crippen LogP contribution < -0.4 is 5.32 Å². The molecule has 0 aliphatic rings. The largest absolute Gasteiger partial charge is 0.478 e. The molecule has 10 heteroatoms. The number of hydrogen-bond acceptors (Lipinski definition) is 3. The zero-order chi connectivity index (χ0) is 19.0. The van der Waals surface area contributed by atoms with Crippen molar-refractivity contribution in [1.82, 2.24) is 9.88 Å². The van der Waals surface area contributed by atoms with E-state index >= 15 is 0 Å². The van der Waals surface area contributed by atoms with Crippen LogP contribution in [-0.2, 0) is 11.8 Å². The van der Waals surface area contributed by atoms with E-state index in [1.54, 1.807) is 5.32 Å². The number of carboxylic acids is 1. The van der Waals surface area contributed by atoms with E-state index in [1.807, 2.05) is 0 Å². The Hall–Kier alpha value is -2.03. The van der Waals surface area contributed by atoms with E-state index < -0.39 is 35.8 Å². The number of amides is 1. The summed E-state index contributed by atoms with van der Waals surface area (Å²) in [6.07, 6.45) is -5.24. The summed E-state index contributed by atoms with van der Waals surface area (Å²) in [4.78, 5) is 35.4. The summed E-state index contributed by atoms with van der Waals surface area (Å²) in [5, 5.41) is 10.5. The second kappa shape index (κ2) is 6.46. The molecule has 1 heterocycles. The van der Waals surface area contributed by atoms with Crippen molar-refractivity contribution in [2.24, 2.45) is 7.05 Å². The van der Waals surface area contributed by atoms with E-state index in [2.05, 4.69) is 0 Å². The first-order valence-corrected chi connectivity index (χ1v) is 7.17. The van der Waals surface area contributed by atoms with E-state index in [-0.39, 0.29) is 22.0 Å². The van der Waals surface area contributed by atoms with Crippen LogP contribution in [0.2, 0.25) is 5.15 Å². The number of aromatic carboxylic acids is 1. The van der Waals surface area contributed by atoms with Crippen LogP contribution in [0.5, 0.6) is 0 Å². The summed E-state index contributed by atoms with van der Waals surface area (Å²) < 4.78 is 40.1. The zero-order valence-corrected chi connectivity index (χ0v) is 14.1. The first kappa shape index (κ1) is 20.0. The maximum Gasteiger partial charge on any atom is 0.411 e. The lowest BCUT2D eigenvalue weighted by molar-refractivity contribution is -0.193. The highest BCUT2D eigenvalue weighted by atomic mass is 35.5. The predicted molar refractivity (Wildman–Crippen MR) is 79.3 cm³/mol. The number of halogens is 4. The SMILES string of the molecule is CCC(C)(NC(=O)C(=O)c1c(C)c(C(=O)O)c(Cl)n1C)C(F)(F)F. The monoisotopic (exact) mass is 368 g/mol. The number of carboxylic acid groups (broad SMARTS) is 1. The molecule has 2 N–H and O–H groups in total. The normalized spacial score (nSPS) is 14.2. The van der Waals surface area contributed by atoms with Crippen LogP contribution in [-0.4, -0.2) is 39.0 Å². The average Bonchev–Trinajstić information content (AvgIpc) is 2.66. The number of aromatic nitrogens is 1. The molecule has 0 aromatic carbocycles. The Morgan fingerprint density at radius 1 is 1.29 bits per heavy atom. The minimum atomic E-state index is -4.76. The van der Waals surface area contributed by atoms with E-state index in [4.69, 9.17) is 16.7 Å². The molecule has 134 valence electrons. The van der Waals surface area contributed by atoms with Gasteiger partial charge in [0.2, 0.25) is 0 Å². The molecule has 24 heavy (non-hydrogen) atoms. The first-order chi connectivity index (χ1) is 10.8. The number of Topliss-reactive ketones (excluding diaryl/α,β-unsaturated/α-hetero) is 1. The third-order valence-corrected chi connectivity index (χ3v) is 4.37. The minimum absolute atomic E-state index is 0.0969. The molecular weight excluding hydrogens is 353 g/mol. The third-order valence-electron chi connectivity index (χ3n) is 3.92. The third kappa shape index (κ3) is 3.26. The smallest absolute Gasteiger partial charge is 0.411 e. The Labute approximate surface area is 140 Å². The number of alkyl halides is 3. The maximum atomic E-state index is 13.0. The highest BCUT2D eigenvalue weighted by molar-refractivity contribution is 6.44. The van der Waals surface area contributed by atoms with Gasteiger partial charge in [0.25, 0.3) is 11.7 Å². The molecule has 0 bridgehead atoms. The second-order valence-electron chi connectivity index (χ2n) is 5.47. The number of carbonyl (C=O) groups is 3. The van der Waals surface area contributed by atoms with Gasteiger partial charge < -0.3 is 15.0 Å². The molecule has 0 aliphatic carbocycles. The van der Waals surface area contributed by atoms with Crippen molar-refractivity contribution in [2.45, 2.75) is 38.9 Å². The number of nitrogens with zero attached hydrogens (tertiary/aromatic N) is 1. The minimum Gasteiger partial charge on any atom is -0.478 e. The number of rotatable bonds is 5. The molecule has 0 fully saturated rings. The topological polar surface area (TPSA) is 88.4 Å². The van der Waals surface area contributed by atoms with Gasteiger partial charge >= 0.3 is 12.1 Å². The lowest BCUT2D eigenvalue weighted by Gasteiger charge is -2.31. The highest BCUT2D eigenvalue weighted by Crippen LogP contribution is 2.33. The van der Waals surface area contributed by atoms with Gasteiger partial charge in [0.15, 0.2) is 0 Å². The predicted octanol–water partition coefficient (Wildman–Crippen LogP) is 2.72. The lowest BCUT2D eigenvalue weighted by atomic mass is 9.97. The van der Waals surface area contributed by atoms with Gasteiger partial charge in [0, 0.05) is 7.05 Å². The quantitative estimate of drug-likeness (QED) is 0.618. The van der Waals surface area contributed by atoms with Crippen molar-refractivity contribution < 1.29 is 32.7 Å². The van der Waals surface area contributed by atoms with Crippen LogP contribution in [0.4, 0.5) is 13.2 Å². The maximum absolute atomic E-state index is 13.0. The Morgan fingerprint density at radius 3 is 2.12 bits per heavy atom. The van der Waals surface area contributed by atoms with E-state index in [0.29, 0.717) is 0 Å². The number of carbonyl (C=O) groups excluding carboxylic acids is 2. The first-order valence-electron chi connectivity index (χ1n) is 6.80. The molecule has 6 nitrogen and oxygen atoms in total. The molecule has 0 aliphatic heterocycles. The van der Waals surface area contributed by atoms with Crippen LogP contribution in [0, 0.1) is 6.92 Å². The van der Waals surface area contributed by atoms with Crippen molar-refractivity contribution in [3.63, 3.8) is 0 Å². The molecule has 0 spiro atoms. The van der Waals surface area contributed by atoms with Crippen LogP contribution in [0.25, 0.3) is 0 Å². The van der Waals surface area contributed by atoms with Gasteiger partial charge in [-0.25, -0.2) is 4.79 Å². The zero-order valence-electron chi connectivity index (χ0n) is 13.3. The number of nitrogens with one attached hydrogen (secondary N) is 1. The van der Waals surface area contributed by atoms with E-state index in [1.165, 1.54) is 20.9 Å². The van der Waals surface area contributed by atoms with Gasteiger partial charge in [0.05, 0.1) is 5.69 Å². The summed E-state index contributed by atoms with van der Waals surface area (Å²) in [5.74, 6) is -4.21. The van der Waals surface area contributed by atoms with Crippen molar-refractivity contribution in [3.05, 3.63) is 22.0 Å². The van der Waals surface area contributed by atoms with Crippen LogP contribution in [0.3, 0.4) is 0 Å². The van der Waals surface area contributed by atoms with Gasteiger partial charge in [-0.2, -0.15) is 13.2 Å². The van der Waals surface area contributed by atoms with Gasteiger partial charge in [-0.05, 0) is 25.8 Å². The molecule has 1 aromatic heterocycles. The molecule has 0 saturated heterocycles. The van der Waals surface area contributed by atoms with Crippen molar-refractivity contribution >= 4 is 29.3 Å². The fraction of sp³-hybridized carbons (Fsp3) is 0.500. The Kier molecular flexibility index (Phi) is 5.39. The summed E-state index contributed by atoms with van der Waals surface area (Å²) >= 11 is 5.81. The van der Waals surface area contributed by atoms with Gasteiger partial charge in [-0.15, -0.1) is 0 Å². The van der Waals surface area contributed by atoms with Gasteiger partial charge in [-0.1, -0.05) is 18.5 Å². The van der Waals surface area contributed by atoms with Gasteiger partial charge in [-0.3, -0.25) is 9.59 Å². The summed E-state index contributed by atoms with van der Waals surface area (Å²) in [7, 11) is 1.24. The second-order valence-corrected chi connectivity index (χ2v) is 5.83. The van der Waals surface area contributed by atoms with Crippen molar-refractivity contribution in [2.75, 3.05) is 0 Å². The van der Waals surface area contributed by atoms with Gasteiger partial charge in [0.1, 0.15) is 16.3 Å². The van der Waals surface area contributed by atoms with Crippen LogP contribution >= 0.6 is 11.6 Å². The summed E-state index contributed by atoms with van der Waals surface area (Å²) in [5.41, 5.74) is -3.45. The van der Waals surface area contributed by atoms with Crippen LogP contribution in [0.15, 0.2) is 0 Å². The lowest BCUT2D eigenvalue weighted by Crippen LogP contribution is -2.57.